The molecule has 0 spiro atoms. The normalized spacial score (nSPS) is 16.0. The largest absolute Gasteiger partial charge is 0.497 e. The zero-order chi connectivity index (χ0) is 20.9. The van der Waals surface area contributed by atoms with Gasteiger partial charge >= 0.3 is 0 Å². The Morgan fingerprint density at radius 3 is 2.73 bits per heavy atom. The SMILES string of the molecule is CCOc1ccc(CC(=O)N(CC2CCCO2)c2nc3cc(OC)ccc3s2)cc1. The number of amides is 1. The van der Waals surface area contributed by atoms with Crippen LogP contribution >= 0.6 is 11.3 Å². The Morgan fingerprint density at radius 1 is 1.23 bits per heavy atom. The van der Waals surface area contributed by atoms with Crippen LogP contribution in [0, 0.1) is 0 Å². The van der Waals surface area contributed by atoms with Gasteiger partial charge in [-0.15, -0.1) is 0 Å². The molecule has 1 unspecified atom stereocenters. The molecule has 0 N–H and O–H groups in total. The summed E-state index contributed by atoms with van der Waals surface area (Å²) in [7, 11) is 1.64. The van der Waals surface area contributed by atoms with Crippen LogP contribution in [-0.2, 0) is 16.0 Å². The van der Waals surface area contributed by atoms with Gasteiger partial charge in [0.2, 0.25) is 5.91 Å². The van der Waals surface area contributed by atoms with Gasteiger partial charge in [-0.25, -0.2) is 4.98 Å². The summed E-state index contributed by atoms with van der Waals surface area (Å²) in [5, 5.41) is 0.699. The van der Waals surface area contributed by atoms with Crippen molar-refractivity contribution in [1.29, 1.82) is 0 Å². The van der Waals surface area contributed by atoms with E-state index < -0.39 is 0 Å². The van der Waals surface area contributed by atoms with E-state index in [-0.39, 0.29) is 12.0 Å². The van der Waals surface area contributed by atoms with Gasteiger partial charge in [0.25, 0.3) is 0 Å². The van der Waals surface area contributed by atoms with Crippen LogP contribution in [0.3, 0.4) is 0 Å². The Kier molecular flexibility index (Phi) is 6.50. The molecule has 158 valence electrons. The molecule has 1 fully saturated rings. The Labute approximate surface area is 180 Å². The van der Waals surface area contributed by atoms with Crippen LogP contribution in [0.5, 0.6) is 11.5 Å². The lowest BCUT2D eigenvalue weighted by Gasteiger charge is -2.23. The minimum Gasteiger partial charge on any atom is -0.497 e. The number of carbonyl (C=O) groups excluding carboxylic acids is 1. The average molecular weight is 427 g/mol. The van der Waals surface area contributed by atoms with Crippen LogP contribution in [-0.4, -0.2) is 43.9 Å². The van der Waals surface area contributed by atoms with E-state index in [0.29, 0.717) is 24.7 Å². The van der Waals surface area contributed by atoms with Gasteiger partial charge in [-0.1, -0.05) is 23.5 Å². The summed E-state index contributed by atoms with van der Waals surface area (Å²) in [6, 6.07) is 13.5. The molecule has 1 aromatic heterocycles. The van der Waals surface area contributed by atoms with E-state index in [9.17, 15) is 4.79 Å². The van der Waals surface area contributed by atoms with Gasteiger partial charge in [0.1, 0.15) is 11.5 Å². The second kappa shape index (κ2) is 9.45. The van der Waals surface area contributed by atoms with Crippen LogP contribution in [0.4, 0.5) is 5.13 Å². The van der Waals surface area contributed by atoms with E-state index in [1.54, 1.807) is 12.0 Å². The molecular formula is C23H26N2O4S. The molecule has 7 heteroatoms. The van der Waals surface area contributed by atoms with Crippen molar-refractivity contribution in [1.82, 2.24) is 4.98 Å². The van der Waals surface area contributed by atoms with E-state index in [1.165, 1.54) is 11.3 Å². The zero-order valence-electron chi connectivity index (χ0n) is 17.3. The second-order valence-corrected chi connectivity index (χ2v) is 8.23. The molecule has 0 radical (unpaired) electrons. The summed E-state index contributed by atoms with van der Waals surface area (Å²) < 4.78 is 17.6. The lowest BCUT2D eigenvalue weighted by molar-refractivity contribution is -0.118. The fourth-order valence-electron chi connectivity index (χ4n) is 3.56. The first kappa shape index (κ1) is 20.6. The van der Waals surface area contributed by atoms with Crippen molar-refractivity contribution >= 4 is 32.6 Å². The minimum absolute atomic E-state index is 0.0145. The van der Waals surface area contributed by atoms with Crippen molar-refractivity contribution < 1.29 is 19.0 Å². The van der Waals surface area contributed by atoms with Crippen molar-refractivity contribution in [3.63, 3.8) is 0 Å². The molecule has 3 aromatic rings. The number of nitrogens with zero attached hydrogens (tertiary/aromatic N) is 2. The molecule has 1 atom stereocenters. The Morgan fingerprint density at radius 2 is 2.03 bits per heavy atom. The summed E-state index contributed by atoms with van der Waals surface area (Å²) in [5.41, 5.74) is 1.78. The first-order chi connectivity index (χ1) is 14.7. The lowest BCUT2D eigenvalue weighted by Crippen LogP contribution is -2.38. The van der Waals surface area contributed by atoms with Crippen molar-refractivity contribution in [2.45, 2.75) is 32.3 Å². The van der Waals surface area contributed by atoms with Gasteiger partial charge < -0.3 is 14.2 Å². The topological polar surface area (TPSA) is 60.9 Å². The summed E-state index contributed by atoms with van der Waals surface area (Å²) in [6.07, 6.45) is 2.35. The number of hydrogen-bond donors (Lipinski definition) is 0. The number of hydrogen-bond acceptors (Lipinski definition) is 6. The van der Waals surface area contributed by atoms with E-state index in [1.807, 2.05) is 49.4 Å². The van der Waals surface area contributed by atoms with Gasteiger partial charge in [-0.3, -0.25) is 9.69 Å². The van der Waals surface area contributed by atoms with E-state index in [2.05, 4.69) is 0 Å². The van der Waals surface area contributed by atoms with Crippen molar-refractivity contribution in [3.05, 3.63) is 48.0 Å². The van der Waals surface area contributed by atoms with E-state index in [0.717, 1.165) is 46.7 Å². The molecule has 2 heterocycles. The summed E-state index contributed by atoms with van der Waals surface area (Å²) in [6.45, 7) is 3.85. The molecule has 2 aromatic carbocycles. The number of rotatable bonds is 8. The number of ether oxygens (including phenoxy) is 3. The number of anilines is 1. The number of fused-ring (bicyclic) bond motifs is 1. The number of methoxy groups -OCH3 is 1. The fraction of sp³-hybridized carbons (Fsp3) is 0.391. The van der Waals surface area contributed by atoms with Gasteiger partial charge in [-0.2, -0.15) is 0 Å². The van der Waals surface area contributed by atoms with Crippen LogP contribution in [0.1, 0.15) is 25.3 Å². The Hall–Kier alpha value is -2.64. The molecule has 1 aliphatic heterocycles. The third kappa shape index (κ3) is 4.74. The van der Waals surface area contributed by atoms with Crippen LogP contribution < -0.4 is 14.4 Å². The first-order valence-corrected chi connectivity index (χ1v) is 11.1. The molecule has 1 amide bonds. The van der Waals surface area contributed by atoms with Crippen molar-refractivity contribution in [2.75, 3.05) is 31.8 Å². The fourth-order valence-corrected chi connectivity index (χ4v) is 4.53. The summed E-state index contributed by atoms with van der Waals surface area (Å²) in [4.78, 5) is 19.8. The molecule has 0 aliphatic carbocycles. The maximum atomic E-state index is 13.3. The second-order valence-electron chi connectivity index (χ2n) is 7.22. The molecule has 1 aliphatic rings. The van der Waals surface area contributed by atoms with Crippen LogP contribution in [0.15, 0.2) is 42.5 Å². The molecular weight excluding hydrogens is 400 g/mol. The molecule has 6 nitrogen and oxygen atoms in total. The average Bonchev–Trinajstić information content (AvgIpc) is 3.42. The van der Waals surface area contributed by atoms with Crippen LogP contribution in [0.25, 0.3) is 10.2 Å². The third-order valence-electron chi connectivity index (χ3n) is 5.12. The van der Waals surface area contributed by atoms with Gasteiger partial charge in [-0.05, 0) is 49.6 Å². The monoisotopic (exact) mass is 426 g/mol. The molecule has 0 bridgehead atoms. The third-order valence-corrected chi connectivity index (χ3v) is 6.17. The van der Waals surface area contributed by atoms with Crippen LogP contribution in [0.2, 0.25) is 0 Å². The Balaban J connectivity index is 1.57. The molecule has 1 saturated heterocycles. The predicted octanol–water partition coefficient (Wildman–Crippen LogP) is 4.46. The quantitative estimate of drug-likeness (QED) is 0.532. The standard InChI is InChI=1S/C23H26N2O4S/c1-3-28-17-8-6-16(7-9-17)13-22(26)25(15-19-5-4-12-29-19)23-24-20-14-18(27-2)10-11-21(20)30-23/h6-11,14,19H,3-5,12-13,15H2,1-2H3. The highest BCUT2D eigenvalue weighted by Crippen LogP contribution is 2.32. The van der Waals surface area contributed by atoms with Gasteiger partial charge in [0.15, 0.2) is 5.13 Å². The zero-order valence-corrected chi connectivity index (χ0v) is 18.1. The lowest BCUT2D eigenvalue weighted by atomic mass is 10.1. The molecule has 0 saturated carbocycles. The highest BCUT2D eigenvalue weighted by atomic mass is 32.1. The number of benzene rings is 2. The Bertz CT molecular complexity index is 996. The van der Waals surface area contributed by atoms with E-state index in [4.69, 9.17) is 19.2 Å². The summed E-state index contributed by atoms with van der Waals surface area (Å²) in [5.74, 6) is 1.58. The van der Waals surface area contributed by atoms with Gasteiger partial charge in [0.05, 0.1) is 43.0 Å². The smallest absolute Gasteiger partial charge is 0.233 e. The molecule has 4 rings (SSSR count). The number of thiazole rings is 1. The van der Waals surface area contributed by atoms with E-state index >= 15 is 0 Å². The highest BCUT2D eigenvalue weighted by molar-refractivity contribution is 7.22. The van der Waals surface area contributed by atoms with Gasteiger partial charge in [0, 0.05) is 12.7 Å². The number of carbonyl (C=O) groups is 1. The maximum absolute atomic E-state index is 13.3. The van der Waals surface area contributed by atoms with Crippen molar-refractivity contribution in [2.24, 2.45) is 0 Å². The summed E-state index contributed by atoms with van der Waals surface area (Å²) >= 11 is 1.52. The molecule has 30 heavy (non-hydrogen) atoms. The first-order valence-electron chi connectivity index (χ1n) is 10.2. The maximum Gasteiger partial charge on any atom is 0.233 e. The minimum atomic E-state index is 0.0145. The predicted molar refractivity (Wildman–Crippen MR) is 119 cm³/mol. The number of aromatic nitrogens is 1. The highest BCUT2D eigenvalue weighted by Gasteiger charge is 2.26. The van der Waals surface area contributed by atoms with Crippen molar-refractivity contribution in [3.8, 4) is 11.5 Å².